The summed E-state index contributed by atoms with van der Waals surface area (Å²) < 4.78 is 5.20. The quantitative estimate of drug-likeness (QED) is 0.526. The first-order valence-electron chi connectivity index (χ1n) is 9.41. The fourth-order valence-corrected chi connectivity index (χ4v) is 3.56. The molecule has 1 amide bonds. The summed E-state index contributed by atoms with van der Waals surface area (Å²) in [7, 11) is 0. The van der Waals surface area contributed by atoms with E-state index in [1.807, 2.05) is 56.3 Å². The molecule has 0 aliphatic carbocycles. The third-order valence-corrected chi connectivity index (χ3v) is 5.32. The van der Waals surface area contributed by atoms with E-state index in [1.54, 1.807) is 17.5 Å². The number of rotatable bonds is 7. The van der Waals surface area contributed by atoms with Crippen LogP contribution in [0.3, 0.4) is 0 Å². The van der Waals surface area contributed by atoms with Crippen molar-refractivity contribution < 1.29 is 14.3 Å². The van der Waals surface area contributed by atoms with Gasteiger partial charge in [-0.3, -0.25) is 4.79 Å². The van der Waals surface area contributed by atoms with Crippen LogP contribution in [0.5, 0.6) is 0 Å². The van der Waals surface area contributed by atoms with Crippen molar-refractivity contribution in [2.75, 3.05) is 18.1 Å². The predicted molar refractivity (Wildman–Crippen MR) is 116 cm³/mol. The van der Waals surface area contributed by atoms with Crippen molar-refractivity contribution in [3.05, 3.63) is 70.7 Å². The van der Waals surface area contributed by atoms with E-state index in [4.69, 9.17) is 10.00 Å². The largest absolute Gasteiger partial charge is 0.451 e. The van der Waals surface area contributed by atoms with Gasteiger partial charge in [0.15, 0.2) is 12.3 Å². The van der Waals surface area contributed by atoms with Crippen molar-refractivity contribution >= 4 is 28.9 Å². The fourth-order valence-electron chi connectivity index (χ4n) is 2.76. The lowest BCUT2D eigenvalue weighted by Crippen LogP contribution is -2.35. The Kier molecular flexibility index (Phi) is 6.94. The number of anilines is 1. The van der Waals surface area contributed by atoms with Gasteiger partial charge in [0.2, 0.25) is 0 Å². The molecule has 0 unspecified atom stereocenters. The van der Waals surface area contributed by atoms with Gasteiger partial charge in [0.05, 0.1) is 12.5 Å². The van der Waals surface area contributed by atoms with Crippen molar-refractivity contribution in [1.82, 2.24) is 4.98 Å². The summed E-state index contributed by atoms with van der Waals surface area (Å²) in [5, 5.41) is 11.2. The molecule has 30 heavy (non-hydrogen) atoms. The highest BCUT2D eigenvalue weighted by Crippen LogP contribution is 2.24. The molecule has 0 bridgehead atoms. The van der Waals surface area contributed by atoms with Gasteiger partial charge in [-0.05, 0) is 26.0 Å². The van der Waals surface area contributed by atoms with Gasteiger partial charge in [-0.25, -0.2) is 9.78 Å². The van der Waals surface area contributed by atoms with Crippen molar-refractivity contribution in [2.24, 2.45) is 0 Å². The summed E-state index contributed by atoms with van der Waals surface area (Å²) >= 11 is 1.34. The van der Waals surface area contributed by atoms with Crippen LogP contribution in [0.15, 0.2) is 53.9 Å². The molecule has 2 aromatic carbocycles. The molecule has 0 radical (unpaired) electrons. The van der Waals surface area contributed by atoms with Gasteiger partial charge in [0.1, 0.15) is 5.01 Å². The smallest absolute Gasteiger partial charge is 0.358 e. The molecule has 0 atom stereocenters. The molecule has 0 saturated carbocycles. The minimum Gasteiger partial charge on any atom is -0.451 e. The lowest BCUT2D eigenvalue weighted by molar-refractivity contribution is -0.121. The Morgan fingerprint density at radius 3 is 2.33 bits per heavy atom. The number of carbonyl (C=O) groups is 2. The van der Waals surface area contributed by atoms with Gasteiger partial charge in [-0.15, -0.1) is 11.3 Å². The van der Waals surface area contributed by atoms with Crippen LogP contribution in [0, 0.1) is 25.2 Å². The number of esters is 1. The van der Waals surface area contributed by atoms with Crippen LogP contribution in [-0.4, -0.2) is 30.0 Å². The zero-order valence-electron chi connectivity index (χ0n) is 16.8. The van der Waals surface area contributed by atoms with Crippen LogP contribution in [0.2, 0.25) is 0 Å². The second-order valence-corrected chi connectivity index (χ2v) is 7.63. The first-order valence-corrected chi connectivity index (χ1v) is 10.3. The number of amides is 1. The van der Waals surface area contributed by atoms with Gasteiger partial charge >= 0.3 is 5.97 Å². The Bertz CT molecular complexity index is 1070. The van der Waals surface area contributed by atoms with Crippen LogP contribution in [0.25, 0.3) is 10.6 Å². The second kappa shape index (κ2) is 9.81. The normalized spacial score (nSPS) is 10.3. The van der Waals surface area contributed by atoms with Crippen LogP contribution < -0.4 is 4.90 Å². The van der Waals surface area contributed by atoms with Crippen LogP contribution in [-0.2, 0) is 9.53 Å². The molecule has 1 heterocycles. The van der Waals surface area contributed by atoms with E-state index < -0.39 is 18.5 Å². The summed E-state index contributed by atoms with van der Waals surface area (Å²) in [6.45, 7) is 3.76. The minimum atomic E-state index is -0.651. The van der Waals surface area contributed by atoms with E-state index in [0.717, 1.165) is 16.7 Å². The van der Waals surface area contributed by atoms with Crippen molar-refractivity contribution in [2.45, 2.75) is 20.3 Å². The third-order valence-electron chi connectivity index (χ3n) is 4.43. The Balaban J connectivity index is 1.65. The number of benzene rings is 2. The number of hydrogen-bond donors (Lipinski definition) is 0. The number of nitriles is 1. The van der Waals surface area contributed by atoms with Gasteiger partial charge in [0, 0.05) is 23.2 Å². The first-order chi connectivity index (χ1) is 14.5. The molecule has 3 rings (SSSR count). The van der Waals surface area contributed by atoms with Crippen LogP contribution in [0.4, 0.5) is 5.69 Å². The van der Waals surface area contributed by atoms with E-state index in [2.05, 4.69) is 4.98 Å². The highest BCUT2D eigenvalue weighted by molar-refractivity contribution is 7.13. The molecule has 0 aliphatic heterocycles. The van der Waals surface area contributed by atoms with E-state index in [9.17, 15) is 9.59 Å². The zero-order valence-corrected chi connectivity index (χ0v) is 17.6. The highest BCUT2D eigenvalue weighted by atomic mass is 32.1. The topological polar surface area (TPSA) is 83.3 Å². The molecule has 0 fully saturated rings. The Hall–Kier alpha value is -3.50. The van der Waals surface area contributed by atoms with E-state index in [1.165, 1.54) is 16.2 Å². The number of ether oxygens (including phenoxy) is 1. The summed E-state index contributed by atoms with van der Waals surface area (Å²) in [6.07, 6.45) is 0.180. The van der Waals surface area contributed by atoms with E-state index >= 15 is 0 Å². The standard InChI is InChI=1S/C23H21N3O3S/c1-16-4-8-18(9-5-16)22-25-20(15-30-22)23(28)29-14-21(27)26(13-3-12-24)19-10-6-17(2)7-11-19/h4-11,15H,3,13-14H2,1-2H3. The lowest BCUT2D eigenvalue weighted by atomic mass is 10.2. The zero-order chi connectivity index (χ0) is 21.5. The maximum Gasteiger partial charge on any atom is 0.358 e. The molecule has 0 spiro atoms. The summed E-state index contributed by atoms with van der Waals surface area (Å²) in [5.74, 6) is -1.04. The fraction of sp³-hybridized carbons (Fsp3) is 0.217. The van der Waals surface area contributed by atoms with Crippen molar-refractivity contribution in [3.8, 4) is 16.6 Å². The summed E-state index contributed by atoms with van der Waals surface area (Å²) in [6, 6.07) is 17.3. The van der Waals surface area contributed by atoms with Crippen LogP contribution in [0.1, 0.15) is 28.0 Å². The molecule has 0 aliphatic rings. The number of thiazole rings is 1. The maximum atomic E-state index is 12.7. The Morgan fingerprint density at radius 2 is 1.70 bits per heavy atom. The highest BCUT2D eigenvalue weighted by Gasteiger charge is 2.19. The van der Waals surface area contributed by atoms with Crippen molar-refractivity contribution in [3.63, 3.8) is 0 Å². The molecule has 1 aromatic heterocycles. The van der Waals surface area contributed by atoms with Gasteiger partial charge < -0.3 is 9.64 Å². The minimum absolute atomic E-state index is 0.169. The SMILES string of the molecule is Cc1ccc(-c2nc(C(=O)OCC(=O)N(CCC#N)c3ccc(C)cc3)cs2)cc1. The molecular formula is C23H21N3O3S. The molecule has 152 valence electrons. The van der Waals surface area contributed by atoms with Crippen LogP contribution >= 0.6 is 11.3 Å². The first kappa shape index (κ1) is 21.2. The van der Waals surface area contributed by atoms with E-state index in [-0.39, 0.29) is 18.7 Å². The average Bonchev–Trinajstić information content (AvgIpc) is 3.24. The van der Waals surface area contributed by atoms with Gasteiger partial charge in [-0.2, -0.15) is 5.26 Å². The summed E-state index contributed by atoms with van der Waals surface area (Å²) in [5.41, 5.74) is 3.95. The van der Waals surface area contributed by atoms with Gasteiger partial charge in [0.25, 0.3) is 5.91 Å². The number of hydrogen-bond acceptors (Lipinski definition) is 6. The molecule has 0 N–H and O–H groups in total. The Morgan fingerprint density at radius 1 is 1.07 bits per heavy atom. The number of carbonyl (C=O) groups excluding carboxylic acids is 2. The third kappa shape index (κ3) is 5.31. The van der Waals surface area contributed by atoms with Gasteiger partial charge in [-0.1, -0.05) is 47.5 Å². The van der Waals surface area contributed by atoms with E-state index in [0.29, 0.717) is 10.7 Å². The molecule has 3 aromatic rings. The monoisotopic (exact) mass is 419 g/mol. The molecular weight excluding hydrogens is 398 g/mol. The molecule has 7 heteroatoms. The number of nitrogens with zero attached hydrogens (tertiary/aromatic N) is 3. The maximum absolute atomic E-state index is 12.7. The molecule has 6 nitrogen and oxygen atoms in total. The number of aryl methyl sites for hydroxylation is 2. The molecule has 0 saturated heterocycles. The van der Waals surface area contributed by atoms with Crippen molar-refractivity contribution in [1.29, 1.82) is 5.26 Å². The predicted octanol–water partition coefficient (Wildman–Crippen LogP) is 4.53. The number of aromatic nitrogens is 1. The lowest BCUT2D eigenvalue weighted by Gasteiger charge is -2.21. The average molecular weight is 420 g/mol. The second-order valence-electron chi connectivity index (χ2n) is 6.77. The Labute approximate surface area is 179 Å². The summed E-state index contributed by atoms with van der Waals surface area (Å²) in [4.78, 5) is 30.8.